The number of aryl methyl sites for hydroxylation is 3. The van der Waals surface area contributed by atoms with Gasteiger partial charge in [-0.25, -0.2) is 4.79 Å². The molecule has 0 saturated heterocycles. The van der Waals surface area contributed by atoms with E-state index in [0.29, 0.717) is 31.6 Å². The van der Waals surface area contributed by atoms with Crippen LogP contribution in [-0.4, -0.2) is 47.3 Å². The highest BCUT2D eigenvalue weighted by Crippen LogP contribution is 2.15. The molecular formula is C23H30N6O3. The van der Waals surface area contributed by atoms with Crippen LogP contribution in [0, 0.1) is 6.92 Å². The van der Waals surface area contributed by atoms with Gasteiger partial charge in [-0.3, -0.25) is 14.2 Å². The van der Waals surface area contributed by atoms with Crippen LogP contribution in [0.25, 0.3) is 0 Å². The first-order valence-corrected chi connectivity index (χ1v) is 10.7. The average Bonchev–Trinajstić information content (AvgIpc) is 3.37. The molecule has 0 radical (unpaired) electrons. The van der Waals surface area contributed by atoms with E-state index in [1.807, 2.05) is 13.8 Å². The van der Waals surface area contributed by atoms with Gasteiger partial charge in [0.25, 0.3) is 0 Å². The molecule has 0 aliphatic carbocycles. The van der Waals surface area contributed by atoms with Gasteiger partial charge in [-0.15, -0.1) is 5.10 Å². The third-order valence-electron chi connectivity index (χ3n) is 5.20. The van der Waals surface area contributed by atoms with Crippen LogP contribution < -0.4 is 5.32 Å². The van der Waals surface area contributed by atoms with E-state index >= 15 is 0 Å². The second kappa shape index (κ2) is 10.2. The van der Waals surface area contributed by atoms with Crippen LogP contribution in [0.4, 0.5) is 0 Å². The van der Waals surface area contributed by atoms with Crippen LogP contribution in [0.5, 0.6) is 0 Å². The Morgan fingerprint density at radius 1 is 1.12 bits per heavy atom. The van der Waals surface area contributed by atoms with Crippen molar-refractivity contribution in [1.29, 1.82) is 0 Å². The van der Waals surface area contributed by atoms with Gasteiger partial charge in [-0.2, -0.15) is 5.10 Å². The number of nitrogens with zero attached hydrogens (tertiary/aromatic N) is 5. The number of aromatic nitrogens is 5. The lowest BCUT2D eigenvalue weighted by molar-refractivity contribution is -0.122. The summed E-state index contributed by atoms with van der Waals surface area (Å²) in [6.45, 7) is 7.08. The van der Waals surface area contributed by atoms with Crippen LogP contribution in [0.15, 0.2) is 42.7 Å². The zero-order chi connectivity index (χ0) is 23.1. The van der Waals surface area contributed by atoms with Crippen molar-refractivity contribution in [3.63, 3.8) is 0 Å². The summed E-state index contributed by atoms with van der Waals surface area (Å²) in [4.78, 5) is 23.3. The predicted molar refractivity (Wildman–Crippen MR) is 119 cm³/mol. The fourth-order valence-electron chi connectivity index (χ4n) is 3.37. The average molecular weight is 439 g/mol. The number of hydrogen-bond donors (Lipinski definition) is 2. The van der Waals surface area contributed by atoms with Crippen molar-refractivity contribution >= 4 is 11.9 Å². The fourth-order valence-corrected chi connectivity index (χ4v) is 3.37. The summed E-state index contributed by atoms with van der Waals surface area (Å²) in [6, 6.07) is 9.93. The quantitative estimate of drug-likeness (QED) is 0.476. The number of rotatable bonds is 11. The molecule has 0 fully saturated rings. The summed E-state index contributed by atoms with van der Waals surface area (Å²) in [6.07, 6.45) is 6.21. The van der Waals surface area contributed by atoms with E-state index in [0.717, 1.165) is 12.8 Å². The van der Waals surface area contributed by atoms with E-state index < -0.39 is 5.97 Å². The summed E-state index contributed by atoms with van der Waals surface area (Å²) < 4.78 is 3.19. The SMILES string of the molecule is Cc1ccc(CCC(C)(C)NC(=O)CCCn2cc(Cn3ccc(C(=O)O)n3)nn2)cc1. The van der Waals surface area contributed by atoms with Gasteiger partial charge >= 0.3 is 5.97 Å². The number of nitrogens with one attached hydrogen (secondary N) is 1. The van der Waals surface area contributed by atoms with E-state index in [9.17, 15) is 9.59 Å². The molecule has 1 amide bonds. The van der Waals surface area contributed by atoms with E-state index in [-0.39, 0.29) is 17.1 Å². The monoisotopic (exact) mass is 438 g/mol. The number of carboxylic acid groups (broad SMARTS) is 1. The molecule has 9 heteroatoms. The zero-order valence-corrected chi connectivity index (χ0v) is 18.8. The van der Waals surface area contributed by atoms with Gasteiger partial charge in [-0.1, -0.05) is 35.0 Å². The third-order valence-corrected chi connectivity index (χ3v) is 5.20. The number of amides is 1. The molecule has 0 aliphatic rings. The van der Waals surface area contributed by atoms with Crippen molar-refractivity contribution in [3.8, 4) is 0 Å². The van der Waals surface area contributed by atoms with E-state index in [1.165, 1.54) is 21.9 Å². The highest BCUT2D eigenvalue weighted by molar-refractivity contribution is 5.85. The van der Waals surface area contributed by atoms with E-state index in [1.54, 1.807) is 17.1 Å². The van der Waals surface area contributed by atoms with Gasteiger partial charge in [-0.05, 0) is 51.7 Å². The number of aromatic carboxylic acids is 1. The first kappa shape index (κ1) is 23.2. The van der Waals surface area contributed by atoms with Crippen molar-refractivity contribution in [2.24, 2.45) is 0 Å². The van der Waals surface area contributed by atoms with Crippen molar-refractivity contribution in [2.45, 2.75) is 65.1 Å². The minimum atomic E-state index is -1.07. The number of carboxylic acids is 1. The second-order valence-corrected chi connectivity index (χ2v) is 8.70. The lowest BCUT2D eigenvalue weighted by Crippen LogP contribution is -2.43. The van der Waals surface area contributed by atoms with Crippen molar-refractivity contribution in [1.82, 2.24) is 30.1 Å². The van der Waals surface area contributed by atoms with E-state index in [2.05, 4.69) is 51.9 Å². The van der Waals surface area contributed by atoms with Crippen LogP contribution >= 0.6 is 0 Å². The maximum atomic E-state index is 12.4. The lowest BCUT2D eigenvalue weighted by atomic mass is 9.94. The van der Waals surface area contributed by atoms with Crippen LogP contribution in [0.2, 0.25) is 0 Å². The summed E-state index contributed by atoms with van der Waals surface area (Å²) in [5.74, 6) is -1.04. The van der Waals surface area contributed by atoms with Gasteiger partial charge < -0.3 is 10.4 Å². The lowest BCUT2D eigenvalue weighted by Gasteiger charge is -2.26. The van der Waals surface area contributed by atoms with Gasteiger partial charge in [0.15, 0.2) is 5.69 Å². The first-order chi connectivity index (χ1) is 15.2. The normalized spacial score (nSPS) is 11.5. The minimum Gasteiger partial charge on any atom is -0.476 e. The fraction of sp³-hybridized carbons (Fsp3) is 0.435. The number of benzene rings is 1. The zero-order valence-electron chi connectivity index (χ0n) is 18.8. The number of carbonyl (C=O) groups excluding carboxylic acids is 1. The maximum absolute atomic E-state index is 12.4. The molecule has 0 atom stereocenters. The Kier molecular flexibility index (Phi) is 7.40. The Labute approximate surface area is 187 Å². The molecular weight excluding hydrogens is 408 g/mol. The molecule has 0 saturated carbocycles. The van der Waals surface area contributed by atoms with Gasteiger partial charge in [0.2, 0.25) is 5.91 Å². The summed E-state index contributed by atoms with van der Waals surface area (Å²) in [5.41, 5.74) is 2.90. The van der Waals surface area contributed by atoms with Crippen LogP contribution in [-0.2, 0) is 24.3 Å². The smallest absolute Gasteiger partial charge is 0.356 e. The second-order valence-electron chi connectivity index (χ2n) is 8.70. The molecule has 170 valence electrons. The molecule has 0 bridgehead atoms. The molecule has 2 N–H and O–H groups in total. The Bertz CT molecular complexity index is 1050. The molecule has 0 aliphatic heterocycles. The molecule has 9 nitrogen and oxygen atoms in total. The highest BCUT2D eigenvalue weighted by Gasteiger charge is 2.20. The Morgan fingerprint density at radius 3 is 2.56 bits per heavy atom. The summed E-state index contributed by atoms with van der Waals surface area (Å²) >= 11 is 0. The number of carbonyl (C=O) groups is 2. The van der Waals surface area contributed by atoms with Gasteiger partial charge in [0.1, 0.15) is 5.69 Å². The van der Waals surface area contributed by atoms with Crippen LogP contribution in [0.1, 0.15) is 60.4 Å². The summed E-state index contributed by atoms with van der Waals surface area (Å²) in [5, 5.41) is 24.2. The minimum absolute atomic E-state index is 0.00908. The largest absolute Gasteiger partial charge is 0.476 e. The number of hydrogen-bond acceptors (Lipinski definition) is 5. The van der Waals surface area contributed by atoms with Crippen molar-refractivity contribution in [2.75, 3.05) is 0 Å². The molecule has 32 heavy (non-hydrogen) atoms. The molecule has 3 aromatic rings. The maximum Gasteiger partial charge on any atom is 0.356 e. The van der Waals surface area contributed by atoms with Crippen molar-refractivity contribution < 1.29 is 14.7 Å². The molecule has 2 aromatic heterocycles. The molecule has 0 spiro atoms. The summed E-state index contributed by atoms with van der Waals surface area (Å²) in [7, 11) is 0. The van der Waals surface area contributed by atoms with Gasteiger partial charge in [0.05, 0.1) is 12.7 Å². The standard InChI is InChI=1S/C23H30N6O3/c1-17-6-8-18(9-7-17)10-12-23(2,3)24-21(30)5-4-13-29-16-19(25-27-29)15-28-14-11-20(26-28)22(31)32/h6-9,11,14,16H,4-5,10,12-13,15H2,1-3H3,(H,24,30)(H,31,32). The topological polar surface area (TPSA) is 115 Å². The molecule has 0 unspecified atom stereocenters. The van der Waals surface area contributed by atoms with Crippen LogP contribution in [0.3, 0.4) is 0 Å². The molecule has 1 aromatic carbocycles. The van der Waals surface area contributed by atoms with E-state index in [4.69, 9.17) is 5.11 Å². The Hall–Kier alpha value is -3.49. The molecule has 3 rings (SSSR count). The van der Waals surface area contributed by atoms with Crippen molar-refractivity contribution in [3.05, 3.63) is 65.2 Å². The first-order valence-electron chi connectivity index (χ1n) is 10.7. The predicted octanol–water partition coefficient (Wildman–Crippen LogP) is 2.84. The third kappa shape index (κ3) is 7.04. The highest BCUT2D eigenvalue weighted by atomic mass is 16.4. The van der Waals surface area contributed by atoms with Gasteiger partial charge in [0, 0.05) is 24.7 Å². The Morgan fingerprint density at radius 2 is 1.88 bits per heavy atom. The molecule has 2 heterocycles. The Balaban J connectivity index is 1.39.